The maximum atomic E-state index is 5.77. The molecule has 0 atom stereocenters. The van der Waals surface area contributed by atoms with E-state index in [1.165, 1.54) is 16.8 Å². The lowest BCUT2D eigenvalue weighted by molar-refractivity contribution is 1.09. The number of aryl methyl sites for hydroxylation is 2. The maximum absolute atomic E-state index is 5.77. The van der Waals surface area contributed by atoms with E-state index in [4.69, 9.17) is 5.73 Å². The molecule has 1 heterocycles. The van der Waals surface area contributed by atoms with Crippen molar-refractivity contribution in [1.29, 1.82) is 0 Å². The Bertz CT molecular complexity index is 513. The van der Waals surface area contributed by atoms with Crippen molar-refractivity contribution in [2.75, 3.05) is 11.1 Å². The summed E-state index contributed by atoms with van der Waals surface area (Å²) in [6.45, 7) is 4.32. The Labute approximate surface area is 108 Å². The molecule has 2 aromatic rings. The molecule has 0 radical (unpaired) electrons. The molecule has 0 aliphatic rings. The molecule has 3 nitrogen and oxygen atoms in total. The molecule has 18 heavy (non-hydrogen) atoms. The number of hydrogen-bond donors (Lipinski definition) is 2. The van der Waals surface area contributed by atoms with Gasteiger partial charge in [0.05, 0.1) is 0 Å². The van der Waals surface area contributed by atoms with Gasteiger partial charge in [0.2, 0.25) is 0 Å². The first-order valence-corrected chi connectivity index (χ1v) is 6.34. The van der Waals surface area contributed by atoms with Gasteiger partial charge in [0.15, 0.2) is 0 Å². The monoisotopic (exact) mass is 241 g/mol. The van der Waals surface area contributed by atoms with Crippen LogP contribution < -0.4 is 11.1 Å². The van der Waals surface area contributed by atoms with Crippen molar-refractivity contribution in [2.45, 2.75) is 26.7 Å². The number of nitrogens with one attached hydrogen (secondary N) is 1. The second-order valence-corrected chi connectivity index (χ2v) is 4.26. The van der Waals surface area contributed by atoms with E-state index in [1.807, 2.05) is 6.07 Å². The van der Waals surface area contributed by atoms with Crippen molar-refractivity contribution >= 4 is 17.2 Å². The van der Waals surface area contributed by atoms with Gasteiger partial charge in [0.1, 0.15) is 5.82 Å². The number of pyridine rings is 1. The Morgan fingerprint density at radius 1 is 1.11 bits per heavy atom. The average Bonchev–Trinajstić information content (AvgIpc) is 2.39. The number of para-hydroxylation sites is 1. The molecule has 0 amide bonds. The summed E-state index contributed by atoms with van der Waals surface area (Å²) in [6, 6.07) is 10.0. The fraction of sp³-hybridized carbons (Fsp3) is 0.267. The smallest absolute Gasteiger partial charge is 0.132 e. The molecule has 0 fully saturated rings. The number of hydrogen-bond acceptors (Lipinski definition) is 3. The summed E-state index contributed by atoms with van der Waals surface area (Å²) in [6.07, 6.45) is 3.72. The minimum atomic E-state index is 0.722. The Morgan fingerprint density at radius 2 is 1.78 bits per heavy atom. The van der Waals surface area contributed by atoms with E-state index < -0.39 is 0 Å². The highest BCUT2D eigenvalue weighted by molar-refractivity contribution is 5.66. The van der Waals surface area contributed by atoms with Gasteiger partial charge in [0.25, 0.3) is 0 Å². The van der Waals surface area contributed by atoms with E-state index >= 15 is 0 Å². The van der Waals surface area contributed by atoms with Crippen molar-refractivity contribution in [3.8, 4) is 0 Å². The predicted octanol–water partition coefficient (Wildman–Crippen LogP) is 3.53. The number of aromatic nitrogens is 1. The minimum Gasteiger partial charge on any atom is -0.399 e. The highest BCUT2D eigenvalue weighted by atomic mass is 15.0. The summed E-state index contributed by atoms with van der Waals surface area (Å²) in [7, 11) is 0. The van der Waals surface area contributed by atoms with Crippen molar-refractivity contribution in [3.63, 3.8) is 0 Å². The minimum absolute atomic E-state index is 0.722. The topological polar surface area (TPSA) is 50.9 Å². The molecule has 1 aromatic carbocycles. The van der Waals surface area contributed by atoms with Gasteiger partial charge in [-0.15, -0.1) is 0 Å². The normalized spacial score (nSPS) is 10.3. The third-order valence-corrected chi connectivity index (χ3v) is 3.04. The van der Waals surface area contributed by atoms with Crippen LogP contribution in [0.1, 0.15) is 25.0 Å². The number of nitrogens with two attached hydrogens (primary N) is 1. The van der Waals surface area contributed by atoms with Crippen molar-refractivity contribution in [3.05, 3.63) is 47.7 Å². The van der Waals surface area contributed by atoms with E-state index in [2.05, 4.69) is 42.3 Å². The SMILES string of the molecule is CCc1cccc(CC)c1Nc1cc(N)ccn1. The zero-order chi connectivity index (χ0) is 13.0. The number of benzene rings is 1. The molecule has 0 aliphatic carbocycles. The van der Waals surface area contributed by atoms with Gasteiger partial charge in [-0.3, -0.25) is 0 Å². The van der Waals surface area contributed by atoms with Crippen LogP contribution in [0, 0.1) is 0 Å². The van der Waals surface area contributed by atoms with Crippen LogP contribution in [0.15, 0.2) is 36.5 Å². The van der Waals surface area contributed by atoms with Gasteiger partial charge in [0, 0.05) is 23.6 Å². The summed E-state index contributed by atoms with van der Waals surface area (Å²) >= 11 is 0. The maximum Gasteiger partial charge on any atom is 0.132 e. The molecular formula is C15H19N3. The molecule has 2 rings (SSSR count). The number of nitrogens with zero attached hydrogens (tertiary/aromatic N) is 1. The highest BCUT2D eigenvalue weighted by Crippen LogP contribution is 2.26. The van der Waals surface area contributed by atoms with Crippen molar-refractivity contribution in [1.82, 2.24) is 4.98 Å². The van der Waals surface area contributed by atoms with Crippen LogP contribution in [-0.2, 0) is 12.8 Å². The fourth-order valence-electron chi connectivity index (χ4n) is 2.05. The van der Waals surface area contributed by atoms with Crippen LogP contribution in [0.25, 0.3) is 0 Å². The lowest BCUT2D eigenvalue weighted by Crippen LogP contribution is -2.01. The van der Waals surface area contributed by atoms with Gasteiger partial charge in [-0.05, 0) is 30.0 Å². The van der Waals surface area contributed by atoms with Crippen LogP contribution in [0.4, 0.5) is 17.2 Å². The van der Waals surface area contributed by atoms with Crippen LogP contribution in [-0.4, -0.2) is 4.98 Å². The van der Waals surface area contributed by atoms with Crippen molar-refractivity contribution < 1.29 is 0 Å². The molecule has 0 spiro atoms. The summed E-state index contributed by atoms with van der Waals surface area (Å²) in [4.78, 5) is 4.29. The highest BCUT2D eigenvalue weighted by Gasteiger charge is 2.06. The molecule has 94 valence electrons. The third kappa shape index (κ3) is 2.62. The predicted molar refractivity (Wildman–Crippen MR) is 77.1 cm³/mol. The zero-order valence-corrected chi connectivity index (χ0v) is 10.9. The Morgan fingerprint density at radius 3 is 2.33 bits per heavy atom. The largest absolute Gasteiger partial charge is 0.399 e. The molecule has 0 aliphatic heterocycles. The van der Waals surface area contributed by atoms with Crippen molar-refractivity contribution in [2.24, 2.45) is 0 Å². The van der Waals surface area contributed by atoms with Gasteiger partial charge in [-0.1, -0.05) is 32.0 Å². The van der Waals surface area contributed by atoms with Gasteiger partial charge in [-0.2, -0.15) is 0 Å². The molecular weight excluding hydrogens is 222 g/mol. The van der Waals surface area contributed by atoms with E-state index in [0.29, 0.717) is 0 Å². The second kappa shape index (κ2) is 5.54. The van der Waals surface area contributed by atoms with E-state index in [1.54, 1.807) is 12.3 Å². The van der Waals surface area contributed by atoms with Crippen LogP contribution in [0.2, 0.25) is 0 Å². The third-order valence-electron chi connectivity index (χ3n) is 3.04. The van der Waals surface area contributed by atoms with Crippen LogP contribution in [0.5, 0.6) is 0 Å². The first-order chi connectivity index (χ1) is 8.74. The first-order valence-electron chi connectivity index (χ1n) is 6.34. The molecule has 0 saturated heterocycles. The summed E-state index contributed by atoms with van der Waals surface area (Å²) in [5, 5.41) is 3.39. The van der Waals surface area contributed by atoms with Gasteiger partial charge in [-0.25, -0.2) is 4.98 Å². The molecule has 3 N–H and O–H groups in total. The molecule has 3 heteroatoms. The Hall–Kier alpha value is -2.03. The summed E-state index contributed by atoms with van der Waals surface area (Å²) in [5.41, 5.74) is 10.3. The molecule has 1 aromatic heterocycles. The fourth-order valence-corrected chi connectivity index (χ4v) is 2.05. The second-order valence-electron chi connectivity index (χ2n) is 4.26. The molecule has 0 unspecified atom stereocenters. The Balaban J connectivity index is 2.38. The Kier molecular flexibility index (Phi) is 3.82. The standard InChI is InChI=1S/C15H19N3/c1-3-11-6-5-7-12(4-2)15(11)18-14-10-13(16)8-9-17-14/h5-10H,3-4H2,1-2H3,(H3,16,17,18). The zero-order valence-electron chi connectivity index (χ0n) is 10.9. The molecule has 0 saturated carbocycles. The molecule has 0 bridgehead atoms. The average molecular weight is 241 g/mol. The lowest BCUT2D eigenvalue weighted by atomic mass is 10.0. The van der Waals surface area contributed by atoms with E-state index in [0.717, 1.165) is 24.3 Å². The van der Waals surface area contributed by atoms with Gasteiger partial charge >= 0.3 is 0 Å². The summed E-state index contributed by atoms with van der Waals surface area (Å²) in [5.74, 6) is 0.797. The quantitative estimate of drug-likeness (QED) is 0.861. The van der Waals surface area contributed by atoms with Crippen LogP contribution in [0.3, 0.4) is 0 Å². The number of nitrogen functional groups attached to an aromatic ring is 1. The lowest BCUT2D eigenvalue weighted by Gasteiger charge is -2.14. The van der Waals surface area contributed by atoms with Gasteiger partial charge < -0.3 is 11.1 Å². The number of anilines is 3. The summed E-state index contributed by atoms with van der Waals surface area (Å²) < 4.78 is 0. The van der Waals surface area contributed by atoms with Crippen LogP contribution >= 0.6 is 0 Å². The van der Waals surface area contributed by atoms with E-state index in [-0.39, 0.29) is 0 Å². The number of rotatable bonds is 4. The first kappa shape index (κ1) is 12.4. The van der Waals surface area contributed by atoms with E-state index in [9.17, 15) is 0 Å².